The molecule has 0 aliphatic carbocycles. The minimum atomic E-state index is -0.196. The lowest BCUT2D eigenvalue weighted by Crippen LogP contribution is -2.41. The van der Waals surface area contributed by atoms with Gasteiger partial charge in [0, 0.05) is 11.4 Å². The summed E-state index contributed by atoms with van der Waals surface area (Å²) in [5.74, 6) is 1.22. The number of nitrogens with zero attached hydrogens (tertiary/aromatic N) is 2. The van der Waals surface area contributed by atoms with Crippen molar-refractivity contribution in [3.8, 4) is 5.75 Å². The van der Waals surface area contributed by atoms with E-state index in [0.29, 0.717) is 24.7 Å². The van der Waals surface area contributed by atoms with Crippen LogP contribution in [0.2, 0.25) is 0 Å². The van der Waals surface area contributed by atoms with Gasteiger partial charge < -0.3 is 10.1 Å². The summed E-state index contributed by atoms with van der Waals surface area (Å²) < 4.78 is 5.52. The van der Waals surface area contributed by atoms with Gasteiger partial charge in [-0.1, -0.05) is 32.0 Å². The van der Waals surface area contributed by atoms with E-state index in [1.807, 2.05) is 63.2 Å². The Kier molecular flexibility index (Phi) is 5.36. The summed E-state index contributed by atoms with van der Waals surface area (Å²) in [7, 11) is 0. The molecule has 0 saturated carbocycles. The van der Waals surface area contributed by atoms with Crippen LogP contribution < -0.4 is 15.0 Å². The van der Waals surface area contributed by atoms with Gasteiger partial charge in [0.15, 0.2) is 11.6 Å². The molecule has 0 unspecified atom stereocenters. The molecule has 1 N–H and O–H groups in total. The third-order valence-electron chi connectivity index (χ3n) is 3.08. The number of aryl methyl sites for hydroxylation is 1. The van der Waals surface area contributed by atoms with Gasteiger partial charge in [0.1, 0.15) is 6.61 Å². The molecule has 0 atom stereocenters. The van der Waals surface area contributed by atoms with E-state index in [2.05, 4.69) is 10.3 Å². The first-order valence-electron chi connectivity index (χ1n) is 7.48. The van der Waals surface area contributed by atoms with E-state index in [-0.39, 0.29) is 6.03 Å². The van der Waals surface area contributed by atoms with Gasteiger partial charge in [-0.25, -0.2) is 9.78 Å². The molecule has 0 fully saturated rings. The number of carbonyl (C=O) groups is 1. The Hall–Kier alpha value is -2.56. The minimum absolute atomic E-state index is 0.196. The van der Waals surface area contributed by atoms with Gasteiger partial charge in [-0.05, 0) is 31.2 Å². The standard InChI is InChI=1S/C15H15N3O2.C2H6/c1-11-7-8-13-14(16-11)18(9-10-20-13)15(19)17-12-5-3-2-4-6-12;1-2/h2-8H,9-10H2,1H3,(H,17,19);1-2H3. The summed E-state index contributed by atoms with van der Waals surface area (Å²) in [4.78, 5) is 18.4. The smallest absolute Gasteiger partial charge is 0.327 e. The molecule has 116 valence electrons. The zero-order valence-electron chi connectivity index (χ0n) is 13.2. The fourth-order valence-electron chi connectivity index (χ4n) is 2.10. The number of ether oxygens (including phenoxy) is 1. The number of benzene rings is 1. The summed E-state index contributed by atoms with van der Waals surface area (Å²) in [6.45, 7) is 6.85. The highest BCUT2D eigenvalue weighted by Gasteiger charge is 2.25. The first-order chi connectivity index (χ1) is 10.7. The molecule has 2 amide bonds. The Morgan fingerprint density at radius 3 is 2.64 bits per heavy atom. The SMILES string of the molecule is CC.Cc1ccc2c(n1)N(C(=O)Nc1ccccc1)CCO2. The molecule has 1 aliphatic heterocycles. The lowest BCUT2D eigenvalue weighted by Gasteiger charge is -2.28. The molecule has 0 saturated heterocycles. The van der Waals surface area contributed by atoms with Crippen LogP contribution in [-0.2, 0) is 0 Å². The van der Waals surface area contributed by atoms with Gasteiger partial charge in [0.05, 0.1) is 6.54 Å². The van der Waals surface area contributed by atoms with Gasteiger partial charge in [0.25, 0.3) is 0 Å². The van der Waals surface area contributed by atoms with Crippen LogP contribution in [0.4, 0.5) is 16.3 Å². The van der Waals surface area contributed by atoms with Crippen molar-refractivity contribution in [1.82, 2.24) is 4.98 Å². The van der Waals surface area contributed by atoms with Crippen LogP contribution in [-0.4, -0.2) is 24.2 Å². The maximum Gasteiger partial charge on any atom is 0.327 e. The summed E-state index contributed by atoms with van der Waals surface area (Å²) in [6, 6.07) is 12.9. The zero-order valence-corrected chi connectivity index (χ0v) is 13.2. The minimum Gasteiger partial charge on any atom is -0.488 e. The topological polar surface area (TPSA) is 54.5 Å². The summed E-state index contributed by atoms with van der Waals surface area (Å²) in [6.07, 6.45) is 0. The fourth-order valence-corrected chi connectivity index (χ4v) is 2.10. The Labute approximate surface area is 130 Å². The van der Waals surface area contributed by atoms with Crippen molar-refractivity contribution in [3.05, 3.63) is 48.2 Å². The number of hydrogen-bond donors (Lipinski definition) is 1. The van der Waals surface area contributed by atoms with Crippen LogP contribution in [0, 0.1) is 6.92 Å². The Morgan fingerprint density at radius 2 is 1.91 bits per heavy atom. The second-order valence-electron chi connectivity index (χ2n) is 4.57. The highest BCUT2D eigenvalue weighted by Crippen LogP contribution is 2.29. The van der Waals surface area contributed by atoms with Crippen molar-refractivity contribution in [2.24, 2.45) is 0 Å². The van der Waals surface area contributed by atoms with Gasteiger partial charge in [-0.2, -0.15) is 0 Å². The van der Waals surface area contributed by atoms with E-state index in [0.717, 1.165) is 11.4 Å². The fraction of sp³-hybridized carbons (Fsp3) is 0.294. The van der Waals surface area contributed by atoms with Crippen LogP contribution in [0.25, 0.3) is 0 Å². The number of rotatable bonds is 1. The Balaban J connectivity index is 0.000000847. The molecule has 2 heterocycles. The van der Waals surface area contributed by atoms with E-state index in [4.69, 9.17) is 4.74 Å². The van der Waals surface area contributed by atoms with Gasteiger partial charge in [0.2, 0.25) is 0 Å². The van der Waals surface area contributed by atoms with Crippen LogP contribution in [0.3, 0.4) is 0 Å². The molecule has 2 aromatic rings. The number of fused-ring (bicyclic) bond motifs is 1. The lowest BCUT2D eigenvalue weighted by molar-refractivity contribution is 0.249. The van der Waals surface area contributed by atoms with Crippen LogP contribution in [0.5, 0.6) is 5.75 Å². The number of para-hydroxylation sites is 1. The number of aromatic nitrogens is 1. The number of pyridine rings is 1. The van der Waals surface area contributed by atoms with Crippen molar-refractivity contribution in [3.63, 3.8) is 0 Å². The monoisotopic (exact) mass is 299 g/mol. The number of urea groups is 1. The Morgan fingerprint density at radius 1 is 1.18 bits per heavy atom. The third kappa shape index (κ3) is 3.55. The first-order valence-corrected chi connectivity index (χ1v) is 7.48. The van der Waals surface area contributed by atoms with Crippen LogP contribution >= 0.6 is 0 Å². The van der Waals surface area contributed by atoms with Crippen molar-refractivity contribution in [2.75, 3.05) is 23.4 Å². The van der Waals surface area contributed by atoms with Gasteiger partial charge >= 0.3 is 6.03 Å². The second kappa shape index (κ2) is 7.45. The molecule has 22 heavy (non-hydrogen) atoms. The van der Waals surface area contributed by atoms with E-state index < -0.39 is 0 Å². The van der Waals surface area contributed by atoms with Crippen molar-refractivity contribution < 1.29 is 9.53 Å². The molecular formula is C17H21N3O2. The molecule has 0 bridgehead atoms. The highest BCUT2D eigenvalue weighted by molar-refractivity contribution is 6.02. The average molecular weight is 299 g/mol. The third-order valence-corrected chi connectivity index (χ3v) is 3.08. The van der Waals surface area contributed by atoms with E-state index in [9.17, 15) is 4.79 Å². The normalized spacial score (nSPS) is 12.4. The molecule has 5 nitrogen and oxygen atoms in total. The van der Waals surface area contributed by atoms with E-state index >= 15 is 0 Å². The predicted molar refractivity (Wildman–Crippen MR) is 88.6 cm³/mol. The Bertz CT molecular complexity index is 629. The predicted octanol–water partition coefficient (Wildman–Crippen LogP) is 3.85. The maximum absolute atomic E-state index is 12.4. The molecule has 5 heteroatoms. The quantitative estimate of drug-likeness (QED) is 0.870. The molecule has 1 aliphatic rings. The molecule has 0 spiro atoms. The lowest BCUT2D eigenvalue weighted by atomic mass is 10.3. The summed E-state index contributed by atoms with van der Waals surface area (Å²) in [5, 5.41) is 2.86. The molecule has 1 aromatic heterocycles. The van der Waals surface area contributed by atoms with Gasteiger partial charge in [-0.3, -0.25) is 4.90 Å². The maximum atomic E-state index is 12.4. The number of nitrogens with one attached hydrogen (secondary N) is 1. The number of hydrogen-bond acceptors (Lipinski definition) is 3. The van der Waals surface area contributed by atoms with Crippen molar-refractivity contribution >= 4 is 17.5 Å². The van der Waals surface area contributed by atoms with E-state index in [1.165, 1.54) is 0 Å². The van der Waals surface area contributed by atoms with E-state index in [1.54, 1.807) is 4.90 Å². The first kappa shape index (κ1) is 15.8. The largest absolute Gasteiger partial charge is 0.488 e. The second-order valence-corrected chi connectivity index (χ2v) is 4.57. The summed E-state index contributed by atoms with van der Waals surface area (Å²) in [5.41, 5.74) is 1.62. The molecular weight excluding hydrogens is 278 g/mol. The van der Waals surface area contributed by atoms with Crippen molar-refractivity contribution in [2.45, 2.75) is 20.8 Å². The molecule has 1 aromatic carbocycles. The van der Waals surface area contributed by atoms with Crippen LogP contribution in [0.1, 0.15) is 19.5 Å². The number of carbonyl (C=O) groups excluding carboxylic acids is 1. The number of anilines is 2. The van der Waals surface area contributed by atoms with Crippen LogP contribution in [0.15, 0.2) is 42.5 Å². The van der Waals surface area contributed by atoms with Crippen molar-refractivity contribution in [1.29, 1.82) is 0 Å². The molecule has 0 radical (unpaired) electrons. The summed E-state index contributed by atoms with van der Waals surface area (Å²) >= 11 is 0. The highest BCUT2D eigenvalue weighted by atomic mass is 16.5. The average Bonchev–Trinajstić information content (AvgIpc) is 2.57. The molecule has 3 rings (SSSR count). The number of amides is 2. The van der Waals surface area contributed by atoms with Gasteiger partial charge in [-0.15, -0.1) is 0 Å². The zero-order chi connectivity index (χ0) is 15.9.